The summed E-state index contributed by atoms with van der Waals surface area (Å²) in [4.78, 5) is 40.6. The highest BCUT2D eigenvalue weighted by Gasteiger charge is 2.46. The molecule has 0 amide bonds. The molecule has 1 saturated heterocycles. The molecule has 0 radical (unpaired) electrons. The van der Waals surface area contributed by atoms with Crippen LogP contribution in [0, 0.1) is 23.7 Å². The molecule has 2 fully saturated rings. The van der Waals surface area contributed by atoms with E-state index in [0.717, 1.165) is 44.3 Å². The van der Waals surface area contributed by atoms with Crippen LogP contribution in [0.3, 0.4) is 0 Å². The Morgan fingerprint density at radius 3 is 2.47 bits per heavy atom. The van der Waals surface area contributed by atoms with Crippen molar-refractivity contribution >= 4 is 30.7 Å². The summed E-state index contributed by atoms with van der Waals surface area (Å²) in [5, 5.41) is 8.84. The number of carbonyl (C=O) groups is 2. The summed E-state index contributed by atoms with van der Waals surface area (Å²) in [6.45, 7) is 9.51. The van der Waals surface area contributed by atoms with Crippen LogP contribution in [0.2, 0.25) is 25.7 Å². The Balaban J connectivity index is 1.29. The molecule has 5 rings (SSSR count). The van der Waals surface area contributed by atoms with Crippen molar-refractivity contribution in [1.82, 2.24) is 15.0 Å². The van der Waals surface area contributed by atoms with E-state index in [0.29, 0.717) is 48.4 Å². The zero-order valence-electron chi connectivity index (χ0n) is 25.5. The Labute approximate surface area is 253 Å². The number of rotatable bonds is 12. The van der Waals surface area contributed by atoms with Gasteiger partial charge >= 0.3 is 5.97 Å². The molecule has 1 saturated carbocycles. The zero-order valence-corrected chi connectivity index (χ0v) is 26.5. The minimum absolute atomic E-state index is 0.0830. The molecule has 3 atom stereocenters. The fourth-order valence-corrected chi connectivity index (χ4v) is 6.88. The van der Waals surface area contributed by atoms with Crippen LogP contribution in [0.5, 0.6) is 5.75 Å². The van der Waals surface area contributed by atoms with Crippen molar-refractivity contribution in [3.05, 3.63) is 64.4 Å². The topological polar surface area (TPSA) is 110 Å². The SMILES string of the molecule is C[Si](C)(C)CCOC(=O)C1C(Cn2nnc3ccccc3c2=O)CCC1C(=O)c1ccc(OCCC2CCOCC2)cc1. The molecule has 2 aliphatic rings. The van der Waals surface area contributed by atoms with Crippen LogP contribution in [0.4, 0.5) is 0 Å². The van der Waals surface area contributed by atoms with E-state index in [1.165, 1.54) is 4.68 Å². The lowest BCUT2D eigenvalue weighted by atomic mass is 9.84. The summed E-state index contributed by atoms with van der Waals surface area (Å²) in [7, 11) is -1.42. The van der Waals surface area contributed by atoms with Crippen LogP contribution in [-0.2, 0) is 20.8 Å². The number of nitrogens with zero attached hydrogens (tertiary/aromatic N) is 3. The van der Waals surface area contributed by atoms with Crippen molar-refractivity contribution in [2.24, 2.45) is 23.7 Å². The summed E-state index contributed by atoms with van der Waals surface area (Å²) in [5.74, 6) is -0.560. The zero-order chi connectivity index (χ0) is 30.4. The third-order valence-corrected chi connectivity index (χ3v) is 10.5. The number of aromatic nitrogens is 3. The molecule has 0 N–H and O–H groups in total. The second kappa shape index (κ2) is 13.9. The van der Waals surface area contributed by atoms with Crippen molar-refractivity contribution in [3.8, 4) is 5.75 Å². The minimum atomic E-state index is -1.42. The third-order valence-electron chi connectivity index (χ3n) is 8.81. The van der Waals surface area contributed by atoms with Crippen molar-refractivity contribution in [3.63, 3.8) is 0 Å². The molecule has 1 aromatic heterocycles. The fraction of sp³-hybridized carbons (Fsp3) is 0.545. The molecule has 1 aliphatic heterocycles. The number of fused-ring (bicyclic) bond motifs is 1. The summed E-state index contributed by atoms with van der Waals surface area (Å²) >= 11 is 0. The number of carbonyl (C=O) groups excluding carboxylic acids is 2. The monoisotopic (exact) mass is 605 g/mol. The lowest BCUT2D eigenvalue weighted by molar-refractivity contribution is -0.150. The van der Waals surface area contributed by atoms with Gasteiger partial charge in [0.1, 0.15) is 11.3 Å². The molecule has 2 heterocycles. The quantitative estimate of drug-likeness (QED) is 0.154. The highest BCUT2D eigenvalue weighted by Crippen LogP contribution is 2.41. The number of ketones is 1. The smallest absolute Gasteiger partial charge is 0.310 e. The predicted molar refractivity (Wildman–Crippen MR) is 167 cm³/mol. The molecule has 3 aromatic rings. The van der Waals surface area contributed by atoms with E-state index in [1.807, 2.05) is 18.2 Å². The van der Waals surface area contributed by atoms with Crippen molar-refractivity contribution < 1.29 is 23.8 Å². The van der Waals surface area contributed by atoms with Gasteiger partial charge < -0.3 is 14.2 Å². The van der Waals surface area contributed by atoms with Gasteiger partial charge in [0, 0.05) is 32.8 Å². The van der Waals surface area contributed by atoms with Crippen LogP contribution in [0.15, 0.2) is 53.3 Å². The first-order valence-electron chi connectivity index (χ1n) is 15.5. The molecule has 0 bridgehead atoms. The van der Waals surface area contributed by atoms with E-state index in [-0.39, 0.29) is 29.8 Å². The fourth-order valence-electron chi connectivity index (χ4n) is 6.16. The lowest BCUT2D eigenvalue weighted by Crippen LogP contribution is -2.36. The van der Waals surface area contributed by atoms with E-state index in [1.54, 1.807) is 30.3 Å². The van der Waals surface area contributed by atoms with Gasteiger partial charge in [-0.15, -0.1) is 5.10 Å². The van der Waals surface area contributed by atoms with Crippen LogP contribution < -0.4 is 10.3 Å². The number of Topliss-reactive ketones (excluding diaryl/α,β-unsaturated/α-hetero) is 1. The Morgan fingerprint density at radius 1 is 0.977 bits per heavy atom. The summed E-state index contributed by atoms with van der Waals surface area (Å²) in [5.41, 5.74) is 0.824. The summed E-state index contributed by atoms with van der Waals surface area (Å²) in [6, 6.07) is 15.2. The largest absolute Gasteiger partial charge is 0.494 e. The maximum absolute atomic E-state index is 13.8. The van der Waals surface area contributed by atoms with Gasteiger partial charge in [0.05, 0.1) is 31.1 Å². The molecular weight excluding hydrogens is 562 g/mol. The van der Waals surface area contributed by atoms with Gasteiger partial charge in [-0.3, -0.25) is 14.4 Å². The van der Waals surface area contributed by atoms with Crippen LogP contribution in [-0.4, -0.2) is 61.2 Å². The van der Waals surface area contributed by atoms with E-state index in [9.17, 15) is 14.4 Å². The second-order valence-corrected chi connectivity index (χ2v) is 18.7. The van der Waals surface area contributed by atoms with Crippen molar-refractivity contribution in [2.45, 2.75) is 64.3 Å². The van der Waals surface area contributed by atoms with E-state index in [2.05, 4.69) is 30.0 Å². The van der Waals surface area contributed by atoms with Crippen LogP contribution in [0.1, 0.15) is 42.5 Å². The van der Waals surface area contributed by atoms with E-state index in [4.69, 9.17) is 14.2 Å². The molecular formula is C33H43N3O6Si. The minimum Gasteiger partial charge on any atom is -0.494 e. The first kappa shape index (κ1) is 31.1. The average molecular weight is 606 g/mol. The van der Waals surface area contributed by atoms with E-state index >= 15 is 0 Å². The number of benzene rings is 2. The van der Waals surface area contributed by atoms with Gasteiger partial charge in [0.15, 0.2) is 5.78 Å². The molecule has 43 heavy (non-hydrogen) atoms. The van der Waals surface area contributed by atoms with Gasteiger partial charge in [-0.1, -0.05) is 37.0 Å². The Kier molecular flexibility index (Phi) is 10.1. The molecule has 2 aromatic carbocycles. The summed E-state index contributed by atoms with van der Waals surface area (Å²) < 4.78 is 18.5. The summed E-state index contributed by atoms with van der Waals surface area (Å²) in [6.07, 6.45) is 4.28. The second-order valence-electron chi connectivity index (χ2n) is 13.1. The van der Waals surface area contributed by atoms with Crippen molar-refractivity contribution in [2.75, 3.05) is 26.4 Å². The van der Waals surface area contributed by atoms with Gasteiger partial charge in [-0.2, -0.15) is 0 Å². The maximum Gasteiger partial charge on any atom is 0.310 e. The van der Waals surface area contributed by atoms with E-state index < -0.39 is 19.9 Å². The lowest BCUT2D eigenvalue weighted by Gasteiger charge is -2.24. The Morgan fingerprint density at radius 2 is 1.72 bits per heavy atom. The number of esters is 1. The van der Waals surface area contributed by atoms with Gasteiger partial charge in [0.25, 0.3) is 5.56 Å². The maximum atomic E-state index is 13.8. The van der Waals surface area contributed by atoms with Gasteiger partial charge in [0.2, 0.25) is 0 Å². The van der Waals surface area contributed by atoms with Gasteiger partial charge in [-0.05, 0) is 86.4 Å². The molecule has 10 heteroatoms. The highest BCUT2D eigenvalue weighted by molar-refractivity contribution is 6.76. The first-order chi connectivity index (χ1) is 20.7. The molecule has 230 valence electrons. The standard InChI is InChI=1S/C33H43N3O6Si/c1-43(2,3)21-20-42-33(39)30-25(22-36-32(38)27-6-4-5-7-29(27)34-35-36)10-13-28(30)31(37)24-8-11-26(12-9-24)41-19-16-23-14-17-40-18-15-23/h4-9,11-12,23,25,28,30H,10,13-22H2,1-3H3. The Hall–Kier alpha value is -3.37. The predicted octanol–water partition coefficient (Wildman–Crippen LogP) is 5.39. The first-order valence-corrected chi connectivity index (χ1v) is 19.2. The van der Waals surface area contributed by atoms with Crippen LogP contribution in [0.25, 0.3) is 10.9 Å². The molecule has 1 aliphatic carbocycles. The molecule has 0 spiro atoms. The number of ether oxygens (including phenoxy) is 3. The van der Waals surface area contributed by atoms with Gasteiger partial charge in [-0.25, -0.2) is 4.68 Å². The number of hydrogen-bond donors (Lipinski definition) is 0. The highest BCUT2D eigenvalue weighted by atomic mass is 28.3. The Bertz CT molecular complexity index is 1460. The average Bonchev–Trinajstić information content (AvgIpc) is 3.42. The normalized spacial score (nSPS) is 21.1. The van der Waals surface area contributed by atoms with Crippen LogP contribution >= 0.6 is 0 Å². The third kappa shape index (κ3) is 7.97. The molecule has 9 nitrogen and oxygen atoms in total. The number of hydrogen-bond acceptors (Lipinski definition) is 8. The molecule has 3 unspecified atom stereocenters. The van der Waals surface area contributed by atoms with Crippen molar-refractivity contribution in [1.29, 1.82) is 0 Å².